The lowest BCUT2D eigenvalue weighted by Gasteiger charge is -2.29. The number of nitrogens with one attached hydrogen (secondary N) is 2. The summed E-state index contributed by atoms with van der Waals surface area (Å²) in [6.45, 7) is 3.38. The van der Waals surface area contributed by atoms with Gasteiger partial charge >= 0.3 is 0 Å². The molecule has 1 aliphatic heterocycles. The number of piperidine rings is 1. The molecule has 140 valence electrons. The summed E-state index contributed by atoms with van der Waals surface area (Å²) in [4.78, 5) is 1.62. The Hall–Kier alpha value is -1.81. The van der Waals surface area contributed by atoms with E-state index in [9.17, 15) is 0 Å². The second-order valence-corrected chi connectivity index (χ2v) is 8.30. The average Bonchev–Trinajstić information content (AvgIpc) is 3.12. The van der Waals surface area contributed by atoms with Gasteiger partial charge in [0, 0.05) is 10.6 Å². The molecule has 0 unspecified atom stereocenters. The predicted molar refractivity (Wildman–Crippen MR) is 111 cm³/mol. The van der Waals surface area contributed by atoms with E-state index >= 15 is 0 Å². The van der Waals surface area contributed by atoms with Crippen LogP contribution in [-0.2, 0) is 13.0 Å². The van der Waals surface area contributed by atoms with Crippen LogP contribution in [0.2, 0.25) is 10.0 Å². The number of quaternary nitrogens is 1. The van der Waals surface area contributed by atoms with E-state index in [1.54, 1.807) is 11.0 Å². The molecule has 0 spiro atoms. The van der Waals surface area contributed by atoms with Crippen LogP contribution in [0.1, 0.15) is 24.0 Å². The zero-order valence-corrected chi connectivity index (χ0v) is 16.7. The van der Waals surface area contributed by atoms with Gasteiger partial charge in [-0.05, 0) is 48.9 Å². The third kappa shape index (κ3) is 4.55. The molecule has 0 saturated carbocycles. The Labute approximate surface area is 170 Å². The molecule has 0 atom stereocenters. The number of hydrogen-bond donors (Lipinski definition) is 2. The van der Waals surface area contributed by atoms with Gasteiger partial charge in [-0.3, -0.25) is 5.10 Å². The van der Waals surface area contributed by atoms with E-state index < -0.39 is 0 Å². The number of rotatable bonds is 5. The molecular weight excluding hydrogens is 377 g/mol. The van der Waals surface area contributed by atoms with Crippen molar-refractivity contribution < 1.29 is 4.90 Å². The zero-order chi connectivity index (χ0) is 18.6. The minimum Gasteiger partial charge on any atom is -0.331 e. The van der Waals surface area contributed by atoms with Gasteiger partial charge in [0.15, 0.2) is 0 Å². The number of likely N-dealkylation sites (tertiary alicyclic amines) is 1. The van der Waals surface area contributed by atoms with Gasteiger partial charge in [0.25, 0.3) is 0 Å². The first-order valence-corrected chi connectivity index (χ1v) is 10.3. The highest BCUT2D eigenvalue weighted by molar-refractivity contribution is 6.36. The highest BCUT2D eigenvalue weighted by Gasteiger charge is 2.24. The van der Waals surface area contributed by atoms with Gasteiger partial charge in [0.05, 0.1) is 35.6 Å². The van der Waals surface area contributed by atoms with Crippen molar-refractivity contribution in [2.24, 2.45) is 5.92 Å². The number of aromatic nitrogens is 2. The normalized spacial score (nSPS) is 19.9. The predicted octanol–water partition coefficient (Wildman–Crippen LogP) is 4.42. The molecule has 0 amide bonds. The highest BCUT2D eigenvalue weighted by atomic mass is 35.5. The average molecular weight is 401 g/mol. The standard InChI is InChI=1S/C22H23Cl2N3/c23-19-6-7-20(21(24)13-19)22-18(14-25-26-22)15-27-10-8-17(9-11-27)12-16-4-2-1-3-5-16/h1-7,13-14,17H,8-12,15H2,(H,25,26)/p+1. The number of hydrogen-bond acceptors (Lipinski definition) is 1. The van der Waals surface area contributed by atoms with Crippen molar-refractivity contribution in [1.29, 1.82) is 0 Å². The van der Waals surface area contributed by atoms with Crippen LogP contribution < -0.4 is 4.90 Å². The second kappa shape index (κ2) is 8.47. The highest BCUT2D eigenvalue weighted by Crippen LogP contribution is 2.31. The largest absolute Gasteiger partial charge is 0.331 e. The summed E-state index contributed by atoms with van der Waals surface area (Å²) in [5.74, 6) is 0.797. The van der Waals surface area contributed by atoms with Crippen LogP contribution in [0.5, 0.6) is 0 Å². The van der Waals surface area contributed by atoms with E-state index in [0.29, 0.717) is 10.0 Å². The molecule has 0 aliphatic carbocycles. The third-order valence-electron chi connectivity index (χ3n) is 5.54. The van der Waals surface area contributed by atoms with Crippen molar-refractivity contribution in [3.63, 3.8) is 0 Å². The molecule has 5 heteroatoms. The zero-order valence-electron chi connectivity index (χ0n) is 15.2. The van der Waals surface area contributed by atoms with Gasteiger partial charge in [-0.25, -0.2) is 0 Å². The summed E-state index contributed by atoms with van der Waals surface area (Å²) in [6, 6.07) is 16.5. The molecule has 2 heterocycles. The number of aromatic amines is 1. The summed E-state index contributed by atoms with van der Waals surface area (Å²) < 4.78 is 0. The van der Waals surface area contributed by atoms with Gasteiger partial charge in [0.1, 0.15) is 6.54 Å². The quantitative estimate of drug-likeness (QED) is 0.652. The summed E-state index contributed by atoms with van der Waals surface area (Å²) in [5.41, 5.74) is 4.65. The lowest BCUT2D eigenvalue weighted by atomic mass is 9.90. The van der Waals surface area contributed by atoms with Gasteiger partial charge in [-0.2, -0.15) is 5.10 Å². The Morgan fingerprint density at radius 2 is 1.81 bits per heavy atom. The number of halogens is 2. The lowest BCUT2D eigenvalue weighted by molar-refractivity contribution is -0.919. The molecule has 1 fully saturated rings. The Bertz CT molecular complexity index is 884. The first kappa shape index (κ1) is 18.5. The Morgan fingerprint density at radius 1 is 1.04 bits per heavy atom. The maximum absolute atomic E-state index is 6.39. The SMILES string of the molecule is Clc1ccc(-c2[nH]ncc2C[NH+]2CCC(Cc3ccccc3)CC2)c(Cl)c1. The minimum atomic E-state index is 0.649. The molecule has 3 aromatic rings. The first-order valence-electron chi connectivity index (χ1n) is 9.54. The van der Waals surface area contributed by atoms with E-state index in [1.165, 1.54) is 43.5 Å². The molecule has 2 N–H and O–H groups in total. The van der Waals surface area contributed by atoms with E-state index in [4.69, 9.17) is 23.2 Å². The fourth-order valence-electron chi connectivity index (χ4n) is 4.05. The van der Waals surface area contributed by atoms with Gasteiger partial charge in [-0.15, -0.1) is 0 Å². The monoisotopic (exact) mass is 400 g/mol. The van der Waals surface area contributed by atoms with Crippen molar-refractivity contribution in [3.05, 3.63) is 75.9 Å². The molecule has 4 rings (SSSR count). The van der Waals surface area contributed by atoms with Crippen LogP contribution in [0.25, 0.3) is 11.3 Å². The second-order valence-electron chi connectivity index (χ2n) is 7.45. The summed E-state index contributed by atoms with van der Waals surface area (Å²) in [5, 5.41) is 8.70. The van der Waals surface area contributed by atoms with Gasteiger partial charge in [-0.1, -0.05) is 53.5 Å². The van der Waals surface area contributed by atoms with Crippen LogP contribution >= 0.6 is 23.2 Å². The van der Waals surface area contributed by atoms with Crippen molar-refractivity contribution in [1.82, 2.24) is 10.2 Å². The Morgan fingerprint density at radius 3 is 2.56 bits per heavy atom. The van der Waals surface area contributed by atoms with Crippen LogP contribution in [0.3, 0.4) is 0 Å². The number of H-pyrrole nitrogens is 1. The Kier molecular flexibility index (Phi) is 5.82. The van der Waals surface area contributed by atoms with Crippen LogP contribution in [-0.4, -0.2) is 23.3 Å². The molecule has 1 saturated heterocycles. The summed E-state index contributed by atoms with van der Waals surface area (Å²) in [7, 11) is 0. The van der Waals surface area contributed by atoms with Crippen molar-refractivity contribution in [2.45, 2.75) is 25.8 Å². The summed E-state index contributed by atoms with van der Waals surface area (Å²) >= 11 is 12.4. The maximum atomic E-state index is 6.39. The van der Waals surface area contributed by atoms with Crippen molar-refractivity contribution in [2.75, 3.05) is 13.1 Å². The number of benzene rings is 2. The first-order chi connectivity index (χ1) is 13.2. The molecule has 0 radical (unpaired) electrons. The van der Waals surface area contributed by atoms with E-state index in [2.05, 4.69) is 40.5 Å². The molecule has 0 bridgehead atoms. The topological polar surface area (TPSA) is 33.1 Å². The molecule has 27 heavy (non-hydrogen) atoms. The van der Waals surface area contributed by atoms with Crippen molar-refractivity contribution >= 4 is 23.2 Å². The van der Waals surface area contributed by atoms with Crippen LogP contribution in [0.15, 0.2) is 54.7 Å². The molecule has 2 aromatic carbocycles. The minimum absolute atomic E-state index is 0.649. The lowest BCUT2D eigenvalue weighted by Crippen LogP contribution is -3.11. The smallest absolute Gasteiger partial charge is 0.107 e. The molecule has 1 aromatic heterocycles. The van der Waals surface area contributed by atoms with Gasteiger partial charge in [0.2, 0.25) is 0 Å². The maximum Gasteiger partial charge on any atom is 0.107 e. The fraction of sp³-hybridized carbons (Fsp3) is 0.318. The molecule has 1 aliphatic rings. The van der Waals surface area contributed by atoms with E-state index in [1.807, 2.05) is 18.3 Å². The Balaban J connectivity index is 1.38. The van der Waals surface area contributed by atoms with E-state index in [0.717, 1.165) is 23.7 Å². The van der Waals surface area contributed by atoms with Crippen molar-refractivity contribution in [3.8, 4) is 11.3 Å². The van der Waals surface area contributed by atoms with Crippen LogP contribution in [0.4, 0.5) is 0 Å². The van der Waals surface area contributed by atoms with Crippen LogP contribution in [0, 0.1) is 5.92 Å². The molecule has 3 nitrogen and oxygen atoms in total. The van der Waals surface area contributed by atoms with Gasteiger partial charge < -0.3 is 4.90 Å². The summed E-state index contributed by atoms with van der Waals surface area (Å²) in [6.07, 6.45) is 5.69. The van der Waals surface area contributed by atoms with E-state index in [-0.39, 0.29) is 0 Å². The fourth-order valence-corrected chi connectivity index (χ4v) is 4.56. The number of nitrogens with zero attached hydrogens (tertiary/aromatic N) is 1. The third-order valence-corrected chi connectivity index (χ3v) is 6.09. The molecular formula is C22H24Cl2N3+.